The molecule has 1 aromatic heterocycles. The first-order chi connectivity index (χ1) is 8.70. The van der Waals surface area contributed by atoms with Gasteiger partial charge in [-0.1, -0.05) is 19.1 Å². The summed E-state index contributed by atoms with van der Waals surface area (Å²) in [5.41, 5.74) is 1.22. The molecule has 1 aromatic carbocycles. The fourth-order valence-corrected chi connectivity index (χ4v) is 1.38. The summed E-state index contributed by atoms with van der Waals surface area (Å²) in [5.74, 6) is -0.657. The molecule has 1 heterocycles. The van der Waals surface area contributed by atoms with Gasteiger partial charge in [-0.3, -0.25) is 9.59 Å². The first-order valence-corrected chi connectivity index (χ1v) is 5.38. The molecular weight excluding hydrogens is 234 g/mol. The lowest BCUT2D eigenvalue weighted by molar-refractivity contribution is -0.134. The Balaban J connectivity index is 2.18. The number of benzene rings is 1. The normalized spacial score (nSPS) is 10.1. The monoisotopic (exact) mass is 245 g/mol. The summed E-state index contributed by atoms with van der Waals surface area (Å²) in [7, 11) is 0. The van der Waals surface area contributed by atoms with Crippen molar-refractivity contribution in [3.8, 4) is 11.4 Å². The topological polar surface area (TPSA) is 101 Å². The van der Waals surface area contributed by atoms with Gasteiger partial charge in [0.2, 0.25) is 11.6 Å². The molecule has 0 atom stereocenters. The number of amides is 1. The zero-order chi connectivity index (χ0) is 13.0. The number of Topliss-reactive ketones (excluding diaryl/α,β-unsaturated/α-hetero) is 1. The molecule has 2 rings (SSSR count). The molecule has 0 aliphatic carbocycles. The third-order valence-corrected chi connectivity index (χ3v) is 2.30. The molecule has 0 aliphatic rings. The highest BCUT2D eigenvalue weighted by Gasteiger charge is 2.11. The molecule has 0 spiro atoms. The molecule has 1 amide bonds. The highest BCUT2D eigenvalue weighted by Crippen LogP contribution is 2.18. The maximum Gasteiger partial charge on any atom is 0.291 e. The number of tetrazole rings is 1. The molecule has 0 bridgehead atoms. The number of aromatic amines is 1. The Morgan fingerprint density at radius 1 is 1.39 bits per heavy atom. The minimum Gasteiger partial charge on any atom is -0.319 e. The van der Waals surface area contributed by atoms with Gasteiger partial charge in [0.15, 0.2) is 0 Å². The summed E-state index contributed by atoms with van der Waals surface area (Å²) in [4.78, 5) is 22.6. The number of hydrogen-bond acceptors (Lipinski definition) is 5. The fourth-order valence-electron chi connectivity index (χ4n) is 1.38. The summed E-state index contributed by atoms with van der Waals surface area (Å²) in [6, 6.07) is 6.87. The van der Waals surface area contributed by atoms with Crippen molar-refractivity contribution in [2.45, 2.75) is 13.3 Å². The van der Waals surface area contributed by atoms with Gasteiger partial charge in [-0.25, -0.2) is 0 Å². The van der Waals surface area contributed by atoms with Crippen molar-refractivity contribution in [1.82, 2.24) is 20.6 Å². The van der Waals surface area contributed by atoms with Crippen LogP contribution >= 0.6 is 0 Å². The average molecular weight is 245 g/mol. The first-order valence-electron chi connectivity index (χ1n) is 5.38. The summed E-state index contributed by atoms with van der Waals surface area (Å²) >= 11 is 0. The second-order valence-corrected chi connectivity index (χ2v) is 3.55. The summed E-state index contributed by atoms with van der Waals surface area (Å²) in [6.07, 6.45) is 0.177. The highest BCUT2D eigenvalue weighted by molar-refractivity contribution is 6.40. The number of nitrogens with zero attached hydrogens (tertiary/aromatic N) is 3. The SMILES string of the molecule is CCC(=O)C(=O)Nc1cccc(-c2nn[nH]n2)c1. The van der Waals surface area contributed by atoms with Crippen LogP contribution in [0.25, 0.3) is 11.4 Å². The smallest absolute Gasteiger partial charge is 0.291 e. The number of hydrogen-bond donors (Lipinski definition) is 2. The zero-order valence-electron chi connectivity index (χ0n) is 9.67. The van der Waals surface area contributed by atoms with Crippen molar-refractivity contribution < 1.29 is 9.59 Å². The summed E-state index contributed by atoms with van der Waals surface area (Å²) in [5, 5.41) is 16.0. The number of carbonyl (C=O) groups is 2. The van der Waals surface area contributed by atoms with Gasteiger partial charge in [-0.05, 0) is 17.3 Å². The molecule has 2 aromatic rings. The van der Waals surface area contributed by atoms with Crippen LogP contribution in [0.1, 0.15) is 13.3 Å². The standard InChI is InChI=1S/C11H11N5O2/c1-2-9(17)11(18)12-8-5-3-4-7(6-8)10-13-15-16-14-10/h3-6H,2H2,1H3,(H,12,18)(H,13,14,15,16). The van der Waals surface area contributed by atoms with Crippen LogP contribution in [0.3, 0.4) is 0 Å². The Kier molecular flexibility index (Phi) is 3.42. The molecule has 0 unspecified atom stereocenters. The van der Waals surface area contributed by atoms with Crippen LogP contribution in [-0.2, 0) is 9.59 Å². The third kappa shape index (κ3) is 2.57. The number of carbonyl (C=O) groups excluding carboxylic acids is 2. The van der Waals surface area contributed by atoms with E-state index in [0.717, 1.165) is 0 Å². The van der Waals surface area contributed by atoms with Crippen LogP contribution in [0.2, 0.25) is 0 Å². The lowest BCUT2D eigenvalue weighted by atomic mass is 10.2. The number of H-pyrrole nitrogens is 1. The predicted molar refractivity (Wildman–Crippen MR) is 63.5 cm³/mol. The van der Waals surface area contributed by atoms with E-state index in [-0.39, 0.29) is 6.42 Å². The molecule has 0 saturated heterocycles. The van der Waals surface area contributed by atoms with Crippen molar-refractivity contribution in [1.29, 1.82) is 0 Å². The van der Waals surface area contributed by atoms with Gasteiger partial charge in [0.05, 0.1) is 0 Å². The number of nitrogens with one attached hydrogen (secondary N) is 2. The molecule has 2 N–H and O–H groups in total. The highest BCUT2D eigenvalue weighted by atomic mass is 16.2. The summed E-state index contributed by atoms with van der Waals surface area (Å²) < 4.78 is 0. The number of anilines is 1. The maximum atomic E-state index is 11.4. The molecule has 0 aliphatic heterocycles. The molecule has 0 fully saturated rings. The van der Waals surface area contributed by atoms with E-state index in [1.54, 1.807) is 31.2 Å². The van der Waals surface area contributed by atoms with Crippen molar-refractivity contribution in [3.05, 3.63) is 24.3 Å². The molecule has 0 radical (unpaired) electrons. The predicted octanol–water partition coefficient (Wildman–Crippen LogP) is 0.784. The van der Waals surface area contributed by atoms with Gasteiger partial charge in [0.1, 0.15) is 0 Å². The van der Waals surface area contributed by atoms with E-state index in [0.29, 0.717) is 17.1 Å². The van der Waals surface area contributed by atoms with Crippen molar-refractivity contribution in [2.75, 3.05) is 5.32 Å². The van der Waals surface area contributed by atoms with E-state index in [4.69, 9.17) is 0 Å². The van der Waals surface area contributed by atoms with Crippen molar-refractivity contribution in [2.24, 2.45) is 0 Å². The Morgan fingerprint density at radius 2 is 2.22 bits per heavy atom. The average Bonchev–Trinajstić information content (AvgIpc) is 2.92. The van der Waals surface area contributed by atoms with Crippen LogP contribution in [0.5, 0.6) is 0 Å². The minimum absolute atomic E-state index is 0.177. The van der Waals surface area contributed by atoms with E-state index in [1.807, 2.05) is 0 Å². The molecule has 18 heavy (non-hydrogen) atoms. The van der Waals surface area contributed by atoms with Crippen molar-refractivity contribution in [3.63, 3.8) is 0 Å². The van der Waals surface area contributed by atoms with Gasteiger partial charge in [-0.2, -0.15) is 5.21 Å². The Morgan fingerprint density at radius 3 is 2.89 bits per heavy atom. The van der Waals surface area contributed by atoms with Crippen molar-refractivity contribution >= 4 is 17.4 Å². The third-order valence-electron chi connectivity index (χ3n) is 2.30. The van der Waals surface area contributed by atoms with Crippen LogP contribution in [0.4, 0.5) is 5.69 Å². The molecule has 0 saturated carbocycles. The van der Waals surface area contributed by atoms with E-state index >= 15 is 0 Å². The fraction of sp³-hybridized carbons (Fsp3) is 0.182. The lowest BCUT2D eigenvalue weighted by Gasteiger charge is -2.04. The maximum absolute atomic E-state index is 11.4. The number of ketones is 1. The minimum atomic E-state index is -0.622. The first kappa shape index (κ1) is 11.9. The Bertz CT molecular complexity index is 565. The van der Waals surface area contributed by atoms with Gasteiger partial charge >= 0.3 is 0 Å². The molecule has 92 valence electrons. The second-order valence-electron chi connectivity index (χ2n) is 3.55. The second kappa shape index (κ2) is 5.17. The van der Waals surface area contributed by atoms with Gasteiger partial charge < -0.3 is 5.32 Å². The van der Waals surface area contributed by atoms with Crippen LogP contribution in [-0.4, -0.2) is 32.3 Å². The number of rotatable bonds is 4. The quantitative estimate of drug-likeness (QED) is 0.775. The number of aromatic nitrogens is 4. The van der Waals surface area contributed by atoms with Gasteiger partial charge in [0, 0.05) is 17.7 Å². The molecule has 7 nitrogen and oxygen atoms in total. The van der Waals surface area contributed by atoms with Crippen LogP contribution in [0.15, 0.2) is 24.3 Å². The van der Waals surface area contributed by atoms with E-state index < -0.39 is 11.7 Å². The van der Waals surface area contributed by atoms with Gasteiger partial charge in [-0.15, -0.1) is 10.2 Å². The van der Waals surface area contributed by atoms with Gasteiger partial charge in [0.25, 0.3) is 5.91 Å². The lowest BCUT2D eigenvalue weighted by Crippen LogP contribution is -2.21. The summed E-state index contributed by atoms with van der Waals surface area (Å²) in [6.45, 7) is 1.64. The zero-order valence-corrected chi connectivity index (χ0v) is 9.67. The van der Waals surface area contributed by atoms with E-state index in [1.165, 1.54) is 0 Å². The van der Waals surface area contributed by atoms with E-state index in [2.05, 4.69) is 25.9 Å². The van der Waals surface area contributed by atoms with Crippen LogP contribution in [0, 0.1) is 0 Å². The Hall–Kier alpha value is -2.57. The largest absolute Gasteiger partial charge is 0.319 e. The molecular formula is C11H11N5O2. The van der Waals surface area contributed by atoms with E-state index in [9.17, 15) is 9.59 Å². The molecule has 7 heteroatoms. The Labute approximate surface area is 103 Å². The van der Waals surface area contributed by atoms with Crippen LogP contribution < -0.4 is 5.32 Å².